The Labute approximate surface area is 154 Å². The molecule has 0 aliphatic carbocycles. The first-order valence-electron chi connectivity index (χ1n) is 9.10. The van der Waals surface area contributed by atoms with Crippen molar-refractivity contribution in [2.45, 2.75) is 25.9 Å². The summed E-state index contributed by atoms with van der Waals surface area (Å²) in [5.41, 5.74) is 3.50. The maximum Gasteiger partial charge on any atom is 0.237 e. The SMILES string of the molecule is CCNC(=O)C[C@H]1C(=O)NCCN1Cc1ccc(-c2ccccc2)cc1. The second-order valence-electron chi connectivity index (χ2n) is 6.50. The van der Waals surface area contributed by atoms with Crippen LogP contribution in [0.3, 0.4) is 0 Å². The second kappa shape index (κ2) is 8.63. The van der Waals surface area contributed by atoms with Crippen LogP contribution in [0.15, 0.2) is 54.6 Å². The summed E-state index contributed by atoms with van der Waals surface area (Å²) in [7, 11) is 0. The highest BCUT2D eigenvalue weighted by molar-refractivity contribution is 5.88. The van der Waals surface area contributed by atoms with Gasteiger partial charge in [0.15, 0.2) is 0 Å². The average molecular weight is 351 g/mol. The molecule has 0 spiro atoms. The van der Waals surface area contributed by atoms with Gasteiger partial charge in [0.1, 0.15) is 0 Å². The van der Waals surface area contributed by atoms with Crippen LogP contribution in [0.5, 0.6) is 0 Å². The Morgan fingerprint density at radius 2 is 1.81 bits per heavy atom. The molecule has 0 saturated carbocycles. The molecule has 2 aromatic rings. The molecule has 1 saturated heterocycles. The Balaban J connectivity index is 1.69. The fourth-order valence-corrected chi connectivity index (χ4v) is 3.29. The van der Waals surface area contributed by atoms with Gasteiger partial charge in [0.05, 0.1) is 12.5 Å². The molecular weight excluding hydrogens is 326 g/mol. The second-order valence-corrected chi connectivity index (χ2v) is 6.50. The van der Waals surface area contributed by atoms with E-state index in [0.29, 0.717) is 19.6 Å². The van der Waals surface area contributed by atoms with Gasteiger partial charge in [0.25, 0.3) is 0 Å². The first-order valence-corrected chi connectivity index (χ1v) is 9.10. The zero-order valence-corrected chi connectivity index (χ0v) is 15.1. The van der Waals surface area contributed by atoms with Crippen LogP contribution in [-0.4, -0.2) is 42.4 Å². The molecule has 0 radical (unpaired) electrons. The van der Waals surface area contributed by atoms with Gasteiger partial charge < -0.3 is 10.6 Å². The van der Waals surface area contributed by atoms with E-state index >= 15 is 0 Å². The zero-order chi connectivity index (χ0) is 18.4. The minimum Gasteiger partial charge on any atom is -0.356 e. The monoisotopic (exact) mass is 351 g/mol. The summed E-state index contributed by atoms with van der Waals surface area (Å²) in [6, 6.07) is 18.2. The molecule has 2 amide bonds. The quantitative estimate of drug-likeness (QED) is 0.839. The lowest BCUT2D eigenvalue weighted by atomic mass is 10.0. The summed E-state index contributed by atoms with van der Waals surface area (Å²) >= 11 is 0. The maximum absolute atomic E-state index is 12.2. The molecule has 2 aromatic carbocycles. The number of benzene rings is 2. The van der Waals surface area contributed by atoms with Crippen molar-refractivity contribution in [1.29, 1.82) is 0 Å². The fraction of sp³-hybridized carbons (Fsp3) is 0.333. The number of carbonyl (C=O) groups excluding carboxylic acids is 2. The molecule has 136 valence electrons. The number of carbonyl (C=O) groups is 2. The molecule has 26 heavy (non-hydrogen) atoms. The van der Waals surface area contributed by atoms with Crippen LogP contribution in [0.2, 0.25) is 0 Å². The van der Waals surface area contributed by atoms with Gasteiger partial charge in [-0.15, -0.1) is 0 Å². The number of hydrogen-bond donors (Lipinski definition) is 2. The van der Waals surface area contributed by atoms with Crippen LogP contribution in [0, 0.1) is 0 Å². The van der Waals surface area contributed by atoms with Crippen molar-refractivity contribution < 1.29 is 9.59 Å². The molecule has 5 nitrogen and oxygen atoms in total. The summed E-state index contributed by atoms with van der Waals surface area (Å²) in [6.45, 7) is 4.48. The first-order chi connectivity index (χ1) is 12.7. The molecule has 1 aliphatic heterocycles. The van der Waals surface area contributed by atoms with Crippen molar-refractivity contribution in [3.05, 3.63) is 60.2 Å². The van der Waals surface area contributed by atoms with Crippen LogP contribution in [0.4, 0.5) is 0 Å². The maximum atomic E-state index is 12.2. The van der Waals surface area contributed by atoms with E-state index in [4.69, 9.17) is 0 Å². The van der Waals surface area contributed by atoms with Crippen molar-refractivity contribution in [3.63, 3.8) is 0 Å². The lowest BCUT2D eigenvalue weighted by molar-refractivity contribution is -0.134. The van der Waals surface area contributed by atoms with Gasteiger partial charge in [-0.1, -0.05) is 54.6 Å². The van der Waals surface area contributed by atoms with Crippen molar-refractivity contribution in [2.75, 3.05) is 19.6 Å². The van der Waals surface area contributed by atoms with E-state index in [-0.39, 0.29) is 18.2 Å². The number of nitrogens with one attached hydrogen (secondary N) is 2. The molecular formula is C21H25N3O2. The Bertz CT molecular complexity index is 744. The van der Waals surface area contributed by atoms with Gasteiger partial charge in [-0.25, -0.2) is 0 Å². The van der Waals surface area contributed by atoms with E-state index in [0.717, 1.165) is 12.1 Å². The highest BCUT2D eigenvalue weighted by Gasteiger charge is 2.31. The summed E-state index contributed by atoms with van der Waals surface area (Å²) in [6.07, 6.45) is 0.196. The van der Waals surface area contributed by atoms with Crippen molar-refractivity contribution in [3.8, 4) is 11.1 Å². The molecule has 1 aliphatic rings. The van der Waals surface area contributed by atoms with Crippen LogP contribution in [-0.2, 0) is 16.1 Å². The van der Waals surface area contributed by atoms with Crippen LogP contribution in [0.1, 0.15) is 18.9 Å². The lowest BCUT2D eigenvalue weighted by Gasteiger charge is -2.34. The van der Waals surface area contributed by atoms with E-state index in [1.54, 1.807) is 0 Å². The molecule has 5 heteroatoms. The van der Waals surface area contributed by atoms with Crippen LogP contribution < -0.4 is 10.6 Å². The third-order valence-corrected chi connectivity index (χ3v) is 4.64. The molecule has 1 atom stereocenters. The van der Waals surface area contributed by atoms with E-state index in [9.17, 15) is 9.59 Å². The Hall–Kier alpha value is -2.66. The smallest absolute Gasteiger partial charge is 0.237 e. The summed E-state index contributed by atoms with van der Waals surface area (Å²) in [5.74, 6) is -0.151. The van der Waals surface area contributed by atoms with Gasteiger partial charge in [-0.2, -0.15) is 0 Å². The fourth-order valence-electron chi connectivity index (χ4n) is 3.29. The predicted molar refractivity (Wildman–Crippen MR) is 102 cm³/mol. The van der Waals surface area contributed by atoms with Crippen molar-refractivity contribution in [1.82, 2.24) is 15.5 Å². The van der Waals surface area contributed by atoms with E-state index in [1.807, 2.05) is 25.1 Å². The summed E-state index contributed by atoms with van der Waals surface area (Å²) in [5, 5.41) is 5.64. The normalized spacial score (nSPS) is 17.6. The lowest BCUT2D eigenvalue weighted by Crippen LogP contribution is -2.56. The minimum atomic E-state index is -0.413. The molecule has 2 N–H and O–H groups in total. The zero-order valence-electron chi connectivity index (χ0n) is 15.1. The molecule has 1 fully saturated rings. The van der Waals surface area contributed by atoms with Crippen LogP contribution >= 0.6 is 0 Å². The highest BCUT2D eigenvalue weighted by atomic mass is 16.2. The number of nitrogens with zero attached hydrogens (tertiary/aromatic N) is 1. The van der Waals surface area contributed by atoms with Gasteiger partial charge >= 0.3 is 0 Å². The molecule has 1 heterocycles. The average Bonchev–Trinajstić information content (AvgIpc) is 2.66. The molecule has 0 bridgehead atoms. The molecule has 0 unspecified atom stereocenters. The topological polar surface area (TPSA) is 61.4 Å². The highest BCUT2D eigenvalue weighted by Crippen LogP contribution is 2.21. The predicted octanol–water partition coefficient (Wildman–Crippen LogP) is 2.18. The van der Waals surface area contributed by atoms with Crippen LogP contribution in [0.25, 0.3) is 11.1 Å². The standard InChI is InChI=1S/C21H25N3O2/c1-2-22-20(25)14-19-21(26)23-12-13-24(19)15-16-8-10-18(11-9-16)17-6-4-3-5-7-17/h3-11,19H,2,12-15H2,1H3,(H,22,25)(H,23,26)/t19-/m0/s1. The first kappa shape index (κ1) is 18.1. The summed E-state index contributed by atoms with van der Waals surface area (Å²) < 4.78 is 0. The number of rotatable bonds is 6. The van der Waals surface area contributed by atoms with Gasteiger partial charge in [0, 0.05) is 26.2 Å². The van der Waals surface area contributed by atoms with Crippen molar-refractivity contribution in [2.24, 2.45) is 0 Å². The van der Waals surface area contributed by atoms with Gasteiger partial charge in [-0.3, -0.25) is 14.5 Å². The number of amides is 2. The summed E-state index contributed by atoms with van der Waals surface area (Å²) in [4.78, 5) is 26.3. The van der Waals surface area contributed by atoms with Crippen molar-refractivity contribution >= 4 is 11.8 Å². The minimum absolute atomic E-state index is 0.0663. The Morgan fingerprint density at radius 1 is 1.12 bits per heavy atom. The molecule has 3 rings (SSSR count). The van der Waals surface area contributed by atoms with Gasteiger partial charge in [0.2, 0.25) is 11.8 Å². The number of hydrogen-bond acceptors (Lipinski definition) is 3. The largest absolute Gasteiger partial charge is 0.356 e. The van der Waals surface area contributed by atoms with Gasteiger partial charge in [-0.05, 0) is 23.6 Å². The number of piperazine rings is 1. The molecule has 0 aromatic heterocycles. The van der Waals surface area contributed by atoms with E-state index < -0.39 is 6.04 Å². The third-order valence-electron chi connectivity index (χ3n) is 4.64. The third kappa shape index (κ3) is 4.49. The van der Waals surface area contributed by atoms with E-state index in [1.165, 1.54) is 11.1 Å². The Morgan fingerprint density at radius 3 is 2.50 bits per heavy atom. The Kier molecular flexibility index (Phi) is 6.02. The van der Waals surface area contributed by atoms with E-state index in [2.05, 4.69) is 51.9 Å².